The van der Waals surface area contributed by atoms with Crippen LogP contribution in [-0.4, -0.2) is 73.2 Å². The van der Waals surface area contributed by atoms with Gasteiger partial charge in [0.25, 0.3) is 0 Å². The molecule has 1 aromatic heterocycles. The number of benzene rings is 1. The fraction of sp³-hybridized carbons (Fsp3) is 0.579. The number of morpholine rings is 1. The molecule has 2 fully saturated rings. The van der Waals surface area contributed by atoms with Crippen molar-refractivity contribution in [1.82, 2.24) is 14.8 Å². The van der Waals surface area contributed by atoms with Crippen molar-refractivity contribution in [2.75, 3.05) is 57.8 Å². The van der Waals surface area contributed by atoms with Gasteiger partial charge in [-0.05, 0) is 25.5 Å². The second-order valence-electron chi connectivity index (χ2n) is 7.34. The van der Waals surface area contributed by atoms with E-state index in [1.807, 2.05) is 0 Å². The second-order valence-corrected chi connectivity index (χ2v) is 8.37. The molecule has 0 radical (unpaired) electrons. The van der Waals surface area contributed by atoms with Gasteiger partial charge in [0.1, 0.15) is 11.3 Å². The number of nitrogens with one attached hydrogen (secondary N) is 1. The fourth-order valence-corrected chi connectivity index (χ4v) is 4.71. The van der Waals surface area contributed by atoms with Crippen molar-refractivity contribution in [2.45, 2.75) is 12.8 Å². The van der Waals surface area contributed by atoms with Crippen LogP contribution in [0.15, 0.2) is 12.1 Å². The Morgan fingerprint density at radius 2 is 2.00 bits per heavy atom. The molecule has 1 atom stereocenters. The van der Waals surface area contributed by atoms with Gasteiger partial charge in [-0.15, -0.1) is 0 Å². The van der Waals surface area contributed by atoms with E-state index in [1.54, 1.807) is 0 Å². The summed E-state index contributed by atoms with van der Waals surface area (Å²) >= 11 is 1.09. The molecule has 9 heteroatoms. The smallest absolute Gasteiger partial charge is 0.230 e. The Hall–Kier alpha value is -1.68. The lowest BCUT2D eigenvalue weighted by atomic mass is 9.97. The standard InChI is InChI=1S/C19H24F2N4O2S/c20-14-10-15(21)17-16(11-14)28-19(22-17)23-18(26)13-2-1-3-25(12-13)5-4-24-6-8-27-9-7-24/h10-11,13H,1-9,12H2,(H,22,23,26). The SMILES string of the molecule is O=C(Nc1nc2c(F)cc(F)cc2s1)C1CCCN(CCN2CCOCC2)C1. The van der Waals surface area contributed by atoms with E-state index in [2.05, 4.69) is 20.1 Å². The Bertz CT molecular complexity index is 841. The molecule has 0 aliphatic carbocycles. The lowest BCUT2D eigenvalue weighted by molar-refractivity contribution is -0.121. The maximum atomic E-state index is 13.8. The van der Waals surface area contributed by atoms with E-state index in [-0.39, 0.29) is 17.3 Å². The van der Waals surface area contributed by atoms with Crippen LogP contribution < -0.4 is 5.32 Å². The number of piperidine rings is 1. The van der Waals surface area contributed by atoms with Crippen molar-refractivity contribution in [3.05, 3.63) is 23.8 Å². The summed E-state index contributed by atoms with van der Waals surface area (Å²) in [6.07, 6.45) is 1.80. The number of aromatic nitrogens is 1. The van der Waals surface area contributed by atoms with E-state index in [4.69, 9.17) is 4.74 Å². The molecule has 28 heavy (non-hydrogen) atoms. The van der Waals surface area contributed by atoms with Gasteiger partial charge in [0.2, 0.25) is 5.91 Å². The molecule has 0 spiro atoms. The van der Waals surface area contributed by atoms with Crippen LogP contribution in [0.3, 0.4) is 0 Å². The summed E-state index contributed by atoms with van der Waals surface area (Å²) in [5, 5.41) is 3.11. The van der Waals surface area contributed by atoms with E-state index in [9.17, 15) is 13.6 Å². The number of hydrogen-bond acceptors (Lipinski definition) is 6. The van der Waals surface area contributed by atoms with Crippen molar-refractivity contribution < 1.29 is 18.3 Å². The van der Waals surface area contributed by atoms with Gasteiger partial charge in [0.05, 0.1) is 23.8 Å². The highest BCUT2D eigenvalue weighted by molar-refractivity contribution is 7.22. The highest BCUT2D eigenvalue weighted by Crippen LogP contribution is 2.29. The van der Waals surface area contributed by atoms with Gasteiger partial charge in [-0.2, -0.15) is 0 Å². The molecule has 0 bridgehead atoms. The Balaban J connectivity index is 1.33. The Kier molecular flexibility index (Phi) is 6.15. The van der Waals surface area contributed by atoms with Gasteiger partial charge >= 0.3 is 0 Å². The first-order valence-corrected chi connectivity index (χ1v) is 10.5. The number of anilines is 1. The minimum absolute atomic E-state index is 0.0949. The number of rotatable bonds is 5. The topological polar surface area (TPSA) is 57.7 Å². The zero-order valence-electron chi connectivity index (χ0n) is 15.6. The molecule has 6 nitrogen and oxygen atoms in total. The molecule has 1 amide bonds. The second kappa shape index (κ2) is 8.77. The molecule has 0 saturated carbocycles. The van der Waals surface area contributed by atoms with Gasteiger partial charge < -0.3 is 15.0 Å². The zero-order valence-corrected chi connectivity index (χ0v) is 16.4. The van der Waals surface area contributed by atoms with Gasteiger partial charge in [0, 0.05) is 38.8 Å². The maximum absolute atomic E-state index is 13.8. The molecule has 152 valence electrons. The fourth-order valence-electron chi connectivity index (χ4n) is 3.80. The number of nitrogens with zero attached hydrogens (tertiary/aromatic N) is 3. The highest BCUT2D eigenvalue weighted by Gasteiger charge is 2.27. The number of ether oxygens (including phenoxy) is 1. The first-order chi connectivity index (χ1) is 13.6. The monoisotopic (exact) mass is 410 g/mol. The number of hydrogen-bond donors (Lipinski definition) is 1. The lowest BCUT2D eigenvalue weighted by Crippen LogP contribution is -2.45. The number of fused-ring (bicyclic) bond motifs is 1. The summed E-state index contributed by atoms with van der Waals surface area (Å²) in [6, 6.07) is 2.04. The third kappa shape index (κ3) is 4.65. The van der Waals surface area contributed by atoms with E-state index in [1.165, 1.54) is 6.07 Å². The molecular weight excluding hydrogens is 386 g/mol. The van der Waals surface area contributed by atoms with Crippen LogP contribution in [0.2, 0.25) is 0 Å². The number of amides is 1. The minimum Gasteiger partial charge on any atom is -0.379 e. The minimum atomic E-state index is -0.710. The number of carbonyl (C=O) groups is 1. The van der Waals surface area contributed by atoms with E-state index in [0.29, 0.717) is 16.4 Å². The predicted molar refractivity (Wildman–Crippen MR) is 105 cm³/mol. The van der Waals surface area contributed by atoms with E-state index in [0.717, 1.165) is 76.2 Å². The number of thiazole rings is 1. The predicted octanol–water partition coefficient (Wildman–Crippen LogP) is 2.56. The Labute approximate surface area is 166 Å². The van der Waals surface area contributed by atoms with Gasteiger partial charge in [-0.25, -0.2) is 13.8 Å². The lowest BCUT2D eigenvalue weighted by Gasteiger charge is -2.34. The summed E-state index contributed by atoms with van der Waals surface area (Å²) < 4.78 is 32.9. The average molecular weight is 410 g/mol. The molecule has 2 aromatic rings. The molecule has 4 rings (SSSR count). The van der Waals surface area contributed by atoms with Crippen LogP contribution in [0.4, 0.5) is 13.9 Å². The number of likely N-dealkylation sites (tertiary alicyclic amines) is 1. The van der Waals surface area contributed by atoms with Gasteiger partial charge in [-0.3, -0.25) is 9.69 Å². The van der Waals surface area contributed by atoms with Crippen LogP contribution >= 0.6 is 11.3 Å². The first kappa shape index (κ1) is 19.6. The largest absolute Gasteiger partial charge is 0.379 e. The maximum Gasteiger partial charge on any atom is 0.230 e. The highest BCUT2D eigenvalue weighted by atomic mass is 32.1. The zero-order chi connectivity index (χ0) is 19.5. The molecule has 2 aliphatic heterocycles. The third-order valence-corrected chi connectivity index (χ3v) is 6.27. The van der Waals surface area contributed by atoms with Gasteiger partial charge in [0.15, 0.2) is 10.9 Å². The van der Waals surface area contributed by atoms with Gasteiger partial charge in [-0.1, -0.05) is 11.3 Å². The normalized spacial score (nSPS) is 21.9. The average Bonchev–Trinajstić information content (AvgIpc) is 3.10. The summed E-state index contributed by atoms with van der Waals surface area (Å²) in [7, 11) is 0. The molecule has 2 saturated heterocycles. The van der Waals surface area contributed by atoms with Crippen molar-refractivity contribution in [3.63, 3.8) is 0 Å². The molecule has 2 aliphatic rings. The summed E-state index contributed by atoms with van der Waals surface area (Å²) in [5.74, 6) is -1.57. The van der Waals surface area contributed by atoms with Crippen LogP contribution in [0.5, 0.6) is 0 Å². The van der Waals surface area contributed by atoms with Crippen molar-refractivity contribution in [2.24, 2.45) is 5.92 Å². The van der Waals surface area contributed by atoms with Crippen molar-refractivity contribution >= 4 is 32.6 Å². The Morgan fingerprint density at radius 1 is 1.21 bits per heavy atom. The Morgan fingerprint density at radius 3 is 2.82 bits per heavy atom. The van der Waals surface area contributed by atoms with Crippen molar-refractivity contribution in [3.8, 4) is 0 Å². The number of halogens is 2. The van der Waals surface area contributed by atoms with Crippen LogP contribution in [0.1, 0.15) is 12.8 Å². The summed E-state index contributed by atoms with van der Waals surface area (Å²) in [5.41, 5.74) is 0.0949. The van der Waals surface area contributed by atoms with Crippen molar-refractivity contribution in [1.29, 1.82) is 0 Å². The summed E-state index contributed by atoms with van der Waals surface area (Å²) in [4.78, 5) is 21.5. The van der Waals surface area contributed by atoms with E-state index < -0.39 is 11.6 Å². The van der Waals surface area contributed by atoms with Crippen LogP contribution in [0, 0.1) is 17.6 Å². The first-order valence-electron chi connectivity index (χ1n) is 9.67. The van der Waals surface area contributed by atoms with Crippen LogP contribution in [-0.2, 0) is 9.53 Å². The molecular formula is C19H24F2N4O2S. The van der Waals surface area contributed by atoms with E-state index >= 15 is 0 Å². The summed E-state index contributed by atoms with van der Waals surface area (Å²) in [6.45, 7) is 7.15. The molecule has 1 unspecified atom stereocenters. The van der Waals surface area contributed by atoms with Crippen LogP contribution in [0.25, 0.3) is 10.2 Å². The molecule has 1 aromatic carbocycles. The third-order valence-electron chi connectivity index (χ3n) is 5.36. The number of carbonyl (C=O) groups excluding carboxylic acids is 1. The molecule has 1 N–H and O–H groups in total. The molecule has 3 heterocycles. The quantitative estimate of drug-likeness (QED) is 0.821.